The van der Waals surface area contributed by atoms with Gasteiger partial charge in [-0.15, -0.1) is 0 Å². The van der Waals surface area contributed by atoms with Crippen LogP contribution in [0.15, 0.2) is 91.4 Å². The number of aromatic amines is 3. The first kappa shape index (κ1) is 50.8. The number of hydrogen-bond acceptors (Lipinski definition) is 13. The normalized spacial score (nSPS) is 17.0. The van der Waals surface area contributed by atoms with Crippen molar-refractivity contribution >= 4 is 50.6 Å². The number of rotatable bonds is 8. The van der Waals surface area contributed by atoms with Crippen LogP contribution in [0.3, 0.4) is 0 Å². The Morgan fingerprint density at radius 2 is 0.987 bits per heavy atom. The molecule has 390 valence electrons. The summed E-state index contributed by atoms with van der Waals surface area (Å²) in [5.41, 5.74) is 8.68. The quantitative estimate of drug-likeness (QED) is 0.105. The summed E-state index contributed by atoms with van der Waals surface area (Å²) in [6.07, 6.45) is 6.02. The van der Waals surface area contributed by atoms with Crippen LogP contribution in [0, 0.1) is 23.5 Å². The highest BCUT2D eigenvalue weighted by Gasteiger charge is 2.37. The van der Waals surface area contributed by atoms with Gasteiger partial charge in [0.25, 0.3) is 0 Å². The summed E-state index contributed by atoms with van der Waals surface area (Å²) in [6, 6.07) is 19.5. The zero-order chi connectivity index (χ0) is 52.2. The molecule has 12 rings (SSSR count). The van der Waals surface area contributed by atoms with Crippen molar-refractivity contribution in [3.63, 3.8) is 0 Å². The summed E-state index contributed by atoms with van der Waals surface area (Å²) in [5.74, 6) is 1.84. The van der Waals surface area contributed by atoms with Crippen molar-refractivity contribution in [2.45, 2.75) is 77.2 Å². The summed E-state index contributed by atoms with van der Waals surface area (Å²) >= 11 is 0. The van der Waals surface area contributed by atoms with Crippen LogP contribution in [0.2, 0.25) is 0 Å². The van der Waals surface area contributed by atoms with Gasteiger partial charge in [0.2, 0.25) is 0 Å². The molecule has 0 saturated carbocycles. The monoisotopic (exact) mass is 1030 g/mol. The first-order chi connectivity index (χ1) is 36.3. The molecule has 5 N–H and O–H groups in total. The van der Waals surface area contributed by atoms with E-state index < -0.39 is 23.7 Å². The van der Waals surface area contributed by atoms with Gasteiger partial charge >= 0.3 is 6.18 Å². The Morgan fingerprint density at radius 3 is 1.48 bits per heavy atom. The molecule has 22 heteroatoms. The second-order valence-electron chi connectivity index (χ2n) is 19.4. The van der Waals surface area contributed by atoms with Crippen LogP contribution < -0.4 is 20.4 Å². The lowest BCUT2D eigenvalue weighted by Crippen LogP contribution is -2.46. The predicted molar refractivity (Wildman–Crippen MR) is 276 cm³/mol. The second-order valence-corrected chi connectivity index (χ2v) is 19.4. The van der Waals surface area contributed by atoms with E-state index >= 15 is 0 Å². The molecular weight excluding hydrogens is 975 g/mol. The standard InChI is InChI=1S/C21H25F3N6.C16H15F2N5.C16H16FN5/c1-12(2)17(25)13-5-4-10-30(11-13)16-8-7-15(21(22,23)24)19(27-16)18-14-6-3-9-26-20(14)29-28-18;17-10-5-8-23(9-6-10)13-4-3-12(18)15(20-13)14-11-2-1-7-19-16(11)22-21-14;17-12-6-7-13(22-9-2-1-3-10-22)19-15(12)14-11-5-4-8-18-16(11)21-20-14/h3,6-9,12-13,17H,4-5,10-11,25H2,1-2H3,(H,26,28,29);1-4,7,10H,5-6,8-9H2,(H,19,21,22);4-8H,1-3,9-10H2,(H,18,20,21)/t13-,17?;;/m0../s1. The fourth-order valence-electron chi connectivity index (χ4n) is 9.98. The number of anilines is 3. The van der Waals surface area contributed by atoms with Gasteiger partial charge in [-0.1, -0.05) is 13.8 Å². The van der Waals surface area contributed by atoms with E-state index in [0.29, 0.717) is 89.4 Å². The van der Waals surface area contributed by atoms with Crippen molar-refractivity contribution in [1.82, 2.24) is 60.5 Å². The summed E-state index contributed by atoms with van der Waals surface area (Å²) < 4.78 is 83.1. The zero-order valence-electron chi connectivity index (χ0n) is 41.4. The molecule has 3 fully saturated rings. The van der Waals surface area contributed by atoms with Gasteiger partial charge in [-0.3, -0.25) is 15.3 Å². The fourth-order valence-corrected chi connectivity index (χ4v) is 9.98. The summed E-state index contributed by atoms with van der Waals surface area (Å²) in [7, 11) is 0. The molecule has 3 aliphatic rings. The van der Waals surface area contributed by atoms with Crippen molar-refractivity contribution in [2.24, 2.45) is 17.6 Å². The molecule has 75 heavy (non-hydrogen) atoms. The number of nitrogens with two attached hydrogens (primary N) is 1. The molecule has 0 spiro atoms. The van der Waals surface area contributed by atoms with Crippen LogP contribution >= 0.6 is 0 Å². The third kappa shape index (κ3) is 11.1. The molecule has 1 unspecified atom stereocenters. The highest BCUT2D eigenvalue weighted by Crippen LogP contribution is 2.39. The number of aromatic nitrogens is 12. The van der Waals surface area contributed by atoms with Gasteiger partial charge in [-0.05, 0) is 130 Å². The minimum absolute atomic E-state index is 0.0457. The van der Waals surface area contributed by atoms with Crippen molar-refractivity contribution in [1.29, 1.82) is 0 Å². The minimum Gasteiger partial charge on any atom is -0.357 e. The average Bonchev–Trinajstić information content (AvgIpc) is 4.20. The Bertz CT molecular complexity index is 3380. The smallest absolute Gasteiger partial charge is 0.357 e. The fraction of sp³-hybridized carbons (Fsp3) is 0.377. The van der Waals surface area contributed by atoms with Crippen LogP contribution in [-0.4, -0.2) is 112 Å². The number of fused-ring (bicyclic) bond motifs is 3. The van der Waals surface area contributed by atoms with E-state index in [2.05, 4.69) is 79.2 Å². The maximum absolute atomic E-state index is 14.3. The number of pyridine rings is 6. The lowest BCUT2D eigenvalue weighted by molar-refractivity contribution is -0.137. The van der Waals surface area contributed by atoms with Gasteiger partial charge in [-0.2, -0.15) is 28.5 Å². The molecule has 0 bridgehead atoms. The maximum Gasteiger partial charge on any atom is 0.418 e. The lowest BCUT2D eigenvalue weighted by atomic mass is 9.85. The molecule has 9 aromatic heterocycles. The highest BCUT2D eigenvalue weighted by atomic mass is 19.4. The predicted octanol–water partition coefficient (Wildman–Crippen LogP) is 10.5. The number of piperidine rings is 3. The number of nitrogens with one attached hydrogen (secondary N) is 3. The van der Waals surface area contributed by atoms with E-state index in [0.717, 1.165) is 68.0 Å². The first-order valence-electron chi connectivity index (χ1n) is 25.2. The third-order valence-corrected chi connectivity index (χ3v) is 14.1. The van der Waals surface area contributed by atoms with Crippen LogP contribution in [-0.2, 0) is 6.18 Å². The molecule has 3 aliphatic heterocycles. The largest absolute Gasteiger partial charge is 0.418 e. The van der Waals surface area contributed by atoms with Crippen LogP contribution in [0.5, 0.6) is 0 Å². The van der Waals surface area contributed by atoms with E-state index in [-0.39, 0.29) is 34.9 Å². The van der Waals surface area contributed by atoms with E-state index in [1.807, 2.05) is 28.0 Å². The van der Waals surface area contributed by atoms with Crippen molar-refractivity contribution in [3.05, 3.63) is 109 Å². The molecule has 0 aromatic carbocycles. The molecule has 12 heterocycles. The zero-order valence-corrected chi connectivity index (χ0v) is 41.4. The number of H-pyrrole nitrogens is 3. The molecule has 0 aliphatic carbocycles. The molecule has 3 saturated heterocycles. The third-order valence-electron chi connectivity index (χ3n) is 14.1. The SMILES string of the molecule is CC(C)C(N)[C@H]1CCCN(c2ccc(C(F)(F)F)c(-c3[nH]nc4ncccc34)n2)C1.Fc1ccc(N2CCC(F)CC2)nc1-c1[nH]nc2ncccc12.Fc1ccc(N2CCCCC2)nc1-c1[nH]nc2ncccc12. The van der Waals surface area contributed by atoms with Gasteiger partial charge in [-0.25, -0.2) is 43.1 Å². The van der Waals surface area contributed by atoms with Crippen LogP contribution in [0.1, 0.15) is 64.4 Å². The second kappa shape index (κ2) is 22.0. The van der Waals surface area contributed by atoms with E-state index in [1.54, 1.807) is 48.9 Å². The van der Waals surface area contributed by atoms with Gasteiger partial charge in [0.15, 0.2) is 28.6 Å². The Balaban J connectivity index is 0.000000130. The topological polar surface area (TPSA) is 199 Å². The summed E-state index contributed by atoms with van der Waals surface area (Å²) in [4.78, 5) is 32.1. The molecule has 16 nitrogen and oxygen atoms in total. The molecule has 9 aromatic rings. The van der Waals surface area contributed by atoms with Gasteiger partial charge < -0.3 is 20.4 Å². The number of halogens is 6. The van der Waals surface area contributed by atoms with E-state index in [9.17, 15) is 26.3 Å². The summed E-state index contributed by atoms with van der Waals surface area (Å²) in [6.45, 7) is 8.74. The molecule has 2 atom stereocenters. The number of hydrogen-bond donors (Lipinski definition) is 4. The summed E-state index contributed by atoms with van der Waals surface area (Å²) in [5, 5.41) is 22.6. The average molecular weight is 1030 g/mol. The first-order valence-corrected chi connectivity index (χ1v) is 25.2. The van der Waals surface area contributed by atoms with Crippen molar-refractivity contribution in [3.8, 4) is 34.2 Å². The van der Waals surface area contributed by atoms with Crippen molar-refractivity contribution < 1.29 is 26.3 Å². The molecule has 0 radical (unpaired) electrons. The van der Waals surface area contributed by atoms with Gasteiger partial charge in [0.05, 0.1) is 22.6 Å². The lowest BCUT2D eigenvalue weighted by Gasteiger charge is -2.37. The van der Waals surface area contributed by atoms with Crippen molar-refractivity contribution in [2.75, 3.05) is 54.0 Å². The Kier molecular flexibility index (Phi) is 14.9. The Morgan fingerprint density at radius 1 is 0.547 bits per heavy atom. The van der Waals surface area contributed by atoms with Crippen LogP contribution in [0.25, 0.3) is 67.3 Å². The van der Waals surface area contributed by atoms with Gasteiger partial charge in [0.1, 0.15) is 40.7 Å². The van der Waals surface area contributed by atoms with E-state index in [4.69, 9.17) is 5.73 Å². The van der Waals surface area contributed by atoms with Gasteiger partial charge in [0, 0.05) is 80.1 Å². The number of nitrogens with zero attached hydrogens (tertiary/aromatic N) is 12. The molecular formula is C53H56F6N16. The molecule has 0 amide bonds. The number of alkyl halides is 4. The minimum atomic E-state index is -4.54. The Hall–Kier alpha value is -7.75. The highest BCUT2D eigenvalue weighted by molar-refractivity contribution is 5.92. The Labute approximate surface area is 427 Å². The van der Waals surface area contributed by atoms with E-state index in [1.165, 1.54) is 24.6 Å². The maximum atomic E-state index is 14.3. The van der Waals surface area contributed by atoms with Crippen LogP contribution in [0.4, 0.5) is 43.8 Å².